The molecule has 192 valence electrons. The fourth-order valence-corrected chi connectivity index (χ4v) is 5.51. The molecule has 1 atom stereocenters. The lowest BCUT2D eigenvalue weighted by atomic mass is 9.83. The highest BCUT2D eigenvalue weighted by Crippen LogP contribution is 2.35. The smallest absolute Gasteiger partial charge is 0.415 e. The van der Waals surface area contributed by atoms with E-state index in [-0.39, 0.29) is 24.1 Å². The molecule has 4 aliphatic heterocycles. The summed E-state index contributed by atoms with van der Waals surface area (Å²) < 4.78 is 17.4. The maximum atomic E-state index is 13.4. The summed E-state index contributed by atoms with van der Waals surface area (Å²) in [6.45, 7) is 9.47. The lowest BCUT2D eigenvalue weighted by Crippen LogP contribution is -2.60. The Morgan fingerprint density at radius 2 is 1.69 bits per heavy atom. The summed E-state index contributed by atoms with van der Waals surface area (Å²) in [5, 5.41) is 0. The maximum absolute atomic E-state index is 13.4. The van der Waals surface area contributed by atoms with Crippen LogP contribution in [0.5, 0.6) is 17.2 Å². The summed E-state index contributed by atoms with van der Waals surface area (Å²) in [5.41, 5.74) is 0.553. The standard InChI is InChI=1S/C28H35N3O5/c1-20(2)31(24-19-29-12-10-21(24)11-13-29)28(33)36-26-9-4-3-8-25(26)35-23-7-5-6-22(18-23)27(32)30-14-16-34-17-15-30/h3-9,18,20-21,24H,10-17,19H2,1-2H3. The highest BCUT2D eigenvalue weighted by molar-refractivity contribution is 5.94. The lowest BCUT2D eigenvalue weighted by Gasteiger charge is -2.49. The van der Waals surface area contributed by atoms with Crippen molar-refractivity contribution in [2.75, 3.05) is 45.9 Å². The highest BCUT2D eigenvalue weighted by atomic mass is 16.6. The molecule has 4 fully saturated rings. The number of hydrogen-bond donors (Lipinski definition) is 0. The number of carbonyl (C=O) groups excluding carboxylic acids is 2. The molecule has 0 aromatic heterocycles. The van der Waals surface area contributed by atoms with E-state index in [1.807, 2.05) is 30.9 Å². The second-order valence-corrected chi connectivity index (χ2v) is 10.1. The van der Waals surface area contributed by atoms with E-state index < -0.39 is 0 Å². The summed E-state index contributed by atoms with van der Waals surface area (Å²) in [7, 11) is 0. The van der Waals surface area contributed by atoms with E-state index in [1.165, 1.54) is 0 Å². The van der Waals surface area contributed by atoms with Crippen molar-refractivity contribution < 1.29 is 23.8 Å². The van der Waals surface area contributed by atoms with Crippen LogP contribution in [-0.4, -0.2) is 84.7 Å². The monoisotopic (exact) mass is 493 g/mol. The van der Waals surface area contributed by atoms with Crippen LogP contribution in [0.1, 0.15) is 37.0 Å². The molecule has 4 heterocycles. The third-order valence-electron chi connectivity index (χ3n) is 7.40. The summed E-state index contributed by atoms with van der Waals surface area (Å²) in [6, 6.07) is 14.5. The normalized spacial score (nSPS) is 23.4. The van der Waals surface area contributed by atoms with Crippen LogP contribution < -0.4 is 9.47 Å². The number of rotatable bonds is 6. The average Bonchev–Trinajstić information content (AvgIpc) is 2.91. The number of piperidine rings is 3. The molecular weight excluding hydrogens is 458 g/mol. The summed E-state index contributed by atoms with van der Waals surface area (Å²) in [5.74, 6) is 1.77. The van der Waals surface area contributed by atoms with Crippen molar-refractivity contribution in [3.05, 3.63) is 54.1 Å². The van der Waals surface area contributed by atoms with Crippen LogP contribution in [0, 0.1) is 5.92 Å². The van der Waals surface area contributed by atoms with Crippen LogP contribution in [0.3, 0.4) is 0 Å². The van der Waals surface area contributed by atoms with Gasteiger partial charge in [0.05, 0.1) is 19.3 Å². The van der Waals surface area contributed by atoms with Crippen molar-refractivity contribution in [3.8, 4) is 17.2 Å². The van der Waals surface area contributed by atoms with Gasteiger partial charge >= 0.3 is 6.09 Å². The van der Waals surface area contributed by atoms with Crippen LogP contribution in [0.4, 0.5) is 4.79 Å². The Balaban J connectivity index is 1.31. The first-order chi connectivity index (χ1) is 17.5. The fraction of sp³-hybridized carbons (Fsp3) is 0.500. The molecule has 2 bridgehead atoms. The molecule has 36 heavy (non-hydrogen) atoms. The molecule has 8 heteroatoms. The SMILES string of the molecule is CC(C)N(C(=O)Oc1ccccc1Oc1cccc(C(=O)N2CCOCC2)c1)C1CN2CCC1CC2. The molecule has 0 aliphatic carbocycles. The summed E-state index contributed by atoms with van der Waals surface area (Å²) in [6.07, 6.45) is 1.90. The van der Waals surface area contributed by atoms with E-state index in [1.54, 1.807) is 41.3 Å². The molecule has 8 nitrogen and oxygen atoms in total. The second kappa shape index (κ2) is 10.9. The Hall–Kier alpha value is -3.10. The largest absolute Gasteiger partial charge is 0.453 e. The Morgan fingerprint density at radius 3 is 2.36 bits per heavy atom. The van der Waals surface area contributed by atoms with Gasteiger partial charge in [-0.2, -0.15) is 0 Å². The molecule has 4 saturated heterocycles. The molecule has 0 radical (unpaired) electrons. The molecule has 1 unspecified atom stereocenters. The Bertz CT molecular complexity index is 1080. The van der Waals surface area contributed by atoms with Gasteiger partial charge in [-0.3, -0.25) is 4.79 Å². The van der Waals surface area contributed by atoms with Gasteiger partial charge in [0, 0.05) is 31.2 Å². The van der Waals surface area contributed by atoms with Gasteiger partial charge in [-0.25, -0.2) is 4.79 Å². The lowest BCUT2D eigenvalue weighted by molar-refractivity contribution is 0.00119. The summed E-state index contributed by atoms with van der Waals surface area (Å²) >= 11 is 0. The van der Waals surface area contributed by atoms with Crippen LogP contribution in [-0.2, 0) is 4.74 Å². The van der Waals surface area contributed by atoms with E-state index in [0.717, 1.165) is 32.5 Å². The molecule has 4 aliphatic rings. The zero-order valence-electron chi connectivity index (χ0n) is 21.1. The van der Waals surface area contributed by atoms with Gasteiger partial charge in [-0.1, -0.05) is 18.2 Å². The number of nitrogens with zero attached hydrogens (tertiary/aromatic N) is 3. The first-order valence-corrected chi connectivity index (χ1v) is 13.0. The molecule has 0 spiro atoms. The molecule has 6 rings (SSSR count). The first kappa shape index (κ1) is 24.6. The minimum Gasteiger partial charge on any atom is -0.453 e. The van der Waals surface area contributed by atoms with Crippen molar-refractivity contribution in [1.82, 2.24) is 14.7 Å². The van der Waals surface area contributed by atoms with Crippen molar-refractivity contribution in [2.45, 2.75) is 38.8 Å². The first-order valence-electron chi connectivity index (χ1n) is 13.0. The molecule has 0 N–H and O–H groups in total. The van der Waals surface area contributed by atoms with E-state index in [4.69, 9.17) is 14.2 Å². The van der Waals surface area contributed by atoms with Gasteiger partial charge < -0.3 is 28.9 Å². The number of hydrogen-bond acceptors (Lipinski definition) is 6. The Morgan fingerprint density at radius 1 is 0.972 bits per heavy atom. The van der Waals surface area contributed by atoms with Gasteiger partial charge in [0.2, 0.25) is 0 Å². The number of para-hydroxylation sites is 2. The number of benzene rings is 2. The number of morpholine rings is 1. The molecule has 2 aromatic carbocycles. The third kappa shape index (κ3) is 5.34. The summed E-state index contributed by atoms with van der Waals surface area (Å²) in [4.78, 5) is 32.4. The van der Waals surface area contributed by atoms with Crippen LogP contribution in [0.2, 0.25) is 0 Å². The van der Waals surface area contributed by atoms with Crippen molar-refractivity contribution in [2.24, 2.45) is 5.92 Å². The van der Waals surface area contributed by atoms with Crippen LogP contribution in [0.15, 0.2) is 48.5 Å². The van der Waals surface area contributed by atoms with Crippen molar-refractivity contribution in [3.63, 3.8) is 0 Å². The van der Waals surface area contributed by atoms with Crippen molar-refractivity contribution >= 4 is 12.0 Å². The molecule has 2 aromatic rings. The molecule has 0 saturated carbocycles. The van der Waals surface area contributed by atoms with E-state index >= 15 is 0 Å². The maximum Gasteiger partial charge on any atom is 0.415 e. The fourth-order valence-electron chi connectivity index (χ4n) is 5.51. The second-order valence-electron chi connectivity index (χ2n) is 10.1. The highest BCUT2D eigenvalue weighted by Gasteiger charge is 2.41. The van der Waals surface area contributed by atoms with Crippen LogP contribution in [0.25, 0.3) is 0 Å². The van der Waals surface area contributed by atoms with Gasteiger partial charge in [0.15, 0.2) is 11.5 Å². The Labute approximate surface area is 212 Å². The minimum atomic E-state index is -0.351. The van der Waals surface area contributed by atoms with Gasteiger partial charge in [-0.15, -0.1) is 0 Å². The predicted octanol–water partition coefficient (Wildman–Crippen LogP) is 4.25. The van der Waals surface area contributed by atoms with E-state index in [0.29, 0.717) is 55.0 Å². The van der Waals surface area contributed by atoms with E-state index in [9.17, 15) is 9.59 Å². The van der Waals surface area contributed by atoms with Gasteiger partial charge in [0.25, 0.3) is 5.91 Å². The number of amides is 2. The zero-order chi connectivity index (χ0) is 25.1. The predicted molar refractivity (Wildman–Crippen MR) is 136 cm³/mol. The van der Waals surface area contributed by atoms with Crippen molar-refractivity contribution in [1.29, 1.82) is 0 Å². The molecule has 2 amide bonds. The average molecular weight is 494 g/mol. The third-order valence-corrected chi connectivity index (χ3v) is 7.40. The van der Waals surface area contributed by atoms with Gasteiger partial charge in [0.1, 0.15) is 5.75 Å². The van der Waals surface area contributed by atoms with Gasteiger partial charge in [-0.05, 0) is 76.0 Å². The molecular formula is C28H35N3O5. The van der Waals surface area contributed by atoms with Crippen LogP contribution >= 0.6 is 0 Å². The number of carbonyl (C=O) groups is 2. The zero-order valence-corrected chi connectivity index (χ0v) is 21.1. The topological polar surface area (TPSA) is 71.5 Å². The number of ether oxygens (including phenoxy) is 3. The Kier molecular flexibility index (Phi) is 7.43. The quantitative estimate of drug-likeness (QED) is 0.599. The number of fused-ring (bicyclic) bond motifs is 3. The minimum absolute atomic E-state index is 0.0269. The van der Waals surface area contributed by atoms with E-state index in [2.05, 4.69) is 4.90 Å².